The van der Waals surface area contributed by atoms with Crippen LogP contribution in [-0.2, 0) is 18.9 Å². The SMILES string of the molecule is CC.COCCOCCOCCOCCN. The molecule has 0 aliphatic heterocycles. The Hall–Kier alpha value is -0.200. The highest BCUT2D eigenvalue weighted by Gasteiger charge is 1.90. The standard InChI is InChI=1S/C9H21NO4.C2H6/c1-11-4-5-13-8-9-14-7-6-12-3-2-10;1-2/h2-10H2,1H3;1-2H3. The minimum absolute atomic E-state index is 0.556. The molecule has 0 amide bonds. The van der Waals surface area contributed by atoms with Crippen LogP contribution in [0.4, 0.5) is 0 Å². The summed E-state index contributed by atoms with van der Waals surface area (Å²) in [4.78, 5) is 0. The number of hydrogen-bond acceptors (Lipinski definition) is 5. The van der Waals surface area contributed by atoms with Crippen molar-refractivity contribution in [1.82, 2.24) is 0 Å². The summed E-state index contributed by atoms with van der Waals surface area (Å²) >= 11 is 0. The van der Waals surface area contributed by atoms with Gasteiger partial charge in [0.25, 0.3) is 0 Å². The van der Waals surface area contributed by atoms with Crippen molar-refractivity contribution in [2.45, 2.75) is 13.8 Å². The third kappa shape index (κ3) is 19.4. The second-order valence-electron chi connectivity index (χ2n) is 2.62. The largest absolute Gasteiger partial charge is 0.382 e. The van der Waals surface area contributed by atoms with Gasteiger partial charge in [0.15, 0.2) is 0 Å². The minimum atomic E-state index is 0.556. The topological polar surface area (TPSA) is 62.9 Å². The lowest BCUT2D eigenvalue weighted by atomic mass is 10.7. The Kier molecular flexibility index (Phi) is 23.0. The highest BCUT2D eigenvalue weighted by Crippen LogP contribution is 1.81. The molecule has 0 spiro atoms. The van der Waals surface area contributed by atoms with Gasteiger partial charge in [0.05, 0.1) is 46.2 Å². The maximum atomic E-state index is 5.24. The third-order valence-electron chi connectivity index (χ3n) is 1.44. The summed E-state index contributed by atoms with van der Waals surface area (Å²) < 4.78 is 20.4. The van der Waals surface area contributed by atoms with Crippen LogP contribution >= 0.6 is 0 Å². The predicted octanol–water partition coefficient (Wildman–Crippen LogP) is 0.668. The molecule has 2 N–H and O–H groups in total. The molecule has 0 atom stereocenters. The van der Waals surface area contributed by atoms with Crippen LogP contribution in [0.1, 0.15) is 13.8 Å². The van der Waals surface area contributed by atoms with E-state index >= 15 is 0 Å². The Labute approximate surface area is 99.2 Å². The van der Waals surface area contributed by atoms with E-state index in [9.17, 15) is 0 Å². The Morgan fingerprint density at radius 1 is 0.688 bits per heavy atom. The smallest absolute Gasteiger partial charge is 0.0701 e. The molecule has 0 aromatic heterocycles. The number of hydrogen-bond donors (Lipinski definition) is 1. The van der Waals surface area contributed by atoms with Gasteiger partial charge in [-0.1, -0.05) is 13.8 Å². The molecule has 5 heteroatoms. The molecular weight excluding hydrogens is 210 g/mol. The summed E-state index contributed by atoms with van der Waals surface area (Å²) in [7, 11) is 1.65. The second-order valence-corrected chi connectivity index (χ2v) is 2.62. The van der Waals surface area contributed by atoms with Crippen molar-refractivity contribution in [3.63, 3.8) is 0 Å². The molecule has 5 nitrogen and oxygen atoms in total. The first kappa shape index (κ1) is 18.2. The van der Waals surface area contributed by atoms with E-state index in [1.807, 2.05) is 13.8 Å². The molecule has 0 saturated heterocycles. The molecule has 100 valence electrons. The number of methoxy groups -OCH3 is 1. The number of nitrogens with two attached hydrogens (primary N) is 1. The van der Waals surface area contributed by atoms with Crippen molar-refractivity contribution >= 4 is 0 Å². The molecule has 0 heterocycles. The van der Waals surface area contributed by atoms with E-state index in [0.29, 0.717) is 52.8 Å². The molecule has 0 aromatic carbocycles. The molecule has 16 heavy (non-hydrogen) atoms. The van der Waals surface area contributed by atoms with Gasteiger partial charge in [0, 0.05) is 13.7 Å². The number of ether oxygens (including phenoxy) is 4. The van der Waals surface area contributed by atoms with Crippen LogP contribution in [-0.4, -0.2) is 59.9 Å². The molecule has 0 aliphatic rings. The zero-order chi connectivity index (χ0) is 12.5. The lowest BCUT2D eigenvalue weighted by molar-refractivity contribution is 0.00468. The third-order valence-corrected chi connectivity index (χ3v) is 1.44. The fraction of sp³-hybridized carbons (Fsp3) is 1.00. The second kappa shape index (κ2) is 20.2. The Bertz CT molecular complexity index is 92.0. The first-order chi connectivity index (χ1) is 7.91. The van der Waals surface area contributed by atoms with E-state index in [2.05, 4.69) is 0 Å². The summed E-state index contributed by atoms with van der Waals surface area (Å²) in [6.07, 6.45) is 0. The molecule has 0 fully saturated rings. The van der Waals surface area contributed by atoms with Gasteiger partial charge < -0.3 is 24.7 Å². The summed E-state index contributed by atoms with van der Waals surface area (Å²) in [5, 5.41) is 0. The highest BCUT2D eigenvalue weighted by atomic mass is 16.6. The molecule has 0 unspecified atom stereocenters. The van der Waals surface area contributed by atoms with E-state index in [4.69, 9.17) is 24.7 Å². The average Bonchev–Trinajstić information content (AvgIpc) is 2.34. The van der Waals surface area contributed by atoms with Crippen molar-refractivity contribution in [1.29, 1.82) is 0 Å². The Morgan fingerprint density at radius 2 is 1.06 bits per heavy atom. The minimum Gasteiger partial charge on any atom is -0.382 e. The van der Waals surface area contributed by atoms with Gasteiger partial charge >= 0.3 is 0 Å². The zero-order valence-electron chi connectivity index (χ0n) is 10.9. The maximum Gasteiger partial charge on any atom is 0.0701 e. The Morgan fingerprint density at radius 3 is 1.44 bits per heavy atom. The quantitative estimate of drug-likeness (QED) is 0.535. The van der Waals surface area contributed by atoms with Crippen molar-refractivity contribution in [2.24, 2.45) is 5.73 Å². The molecular formula is C11H27NO4. The number of rotatable bonds is 11. The maximum absolute atomic E-state index is 5.24. The first-order valence-corrected chi connectivity index (χ1v) is 5.84. The van der Waals surface area contributed by atoms with Gasteiger partial charge in [-0.3, -0.25) is 0 Å². The lowest BCUT2D eigenvalue weighted by Gasteiger charge is -2.05. The van der Waals surface area contributed by atoms with Crippen LogP contribution in [0.2, 0.25) is 0 Å². The van der Waals surface area contributed by atoms with Gasteiger partial charge in [-0.05, 0) is 0 Å². The molecule has 0 saturated carbocycles. The molecule has 0 aromatic rings. The average molecular weight is 237 g/mol. The fourth-order valence-electron chi connectivity index (χ4n) is 0.767. The van der Waals surface area contributed by atoms with Crippen molar-refractivity contribution < 1.29 is 18.9 Å². The van der Waals surface area contributed by atoms with E-state index in [0.717, 1.165) is 0 Å². The van der Waals surface area contributed by atoms with E-state index in [1.165, 1.54) is 0 Å². The van der Waals surface area contributed by atoms with Crippen LogP contribution in [0.15, 0.2) is 0 Å². The normalized spacial score (nSPS) is 9.75. The van der Waals surface area contributed by atoms with Gasteiger partial charge in [0.2, 0.25) is 0 Å². The Balaban J connectivity index is 0. The van der Waals surface area contributed by atoms with Gasteiger partial charge in [-0.25, -0.2) is 0 Å². The lowest BCUT2D eigenvalue weighted by Crippen LogP contribution is -2.14. The summed E-state index contributed by atoms with van der Waals surface area (Å²) in [6, 6.07) is 0. The van der Waals surface area contributed by atoms with Crippen LogP contribution in [0, 0.1) is 0 Å². The molecule has 0 aliphatic carbocycles. The molecule has 0 rings (SSSR count). The van der Waals surface area contributed by atoms with Crippen molar-refractivity contribution in [3.05, 3.63) is 0 Å². The van der Waals surface area contributed by atoms with Gasteiger partial charge in [0.1, 0.15) is 0 Å². The highest BCUT2D eigenvalue weighted by molar-refractivity contribution is 4.34. The summed E-state index contributed by atoms with van der Waals surface area (Å²) in [6.45, 7) is 8.76. The van der Waals surface area contributed by atoms with Crippen LogP contribution < -0.4 is 5.73 Å². The van der Waals surface area contributed by atoms with E-state index < -0.39 is 0 Å². The van der Waals surface area contributed by atoms with Crippen LogP contribution in [0.25, 0.3) is 0 Å². The van der Waals surface area contributed by atoms with Crippen LogP contribution in [0.5, 0.6) is 0 Å². The monoisotopic (exact) mass is 237 g/mol. The van der Waals surface area contributed by atoms with Crippen LogP contribution in [0.3, 0.4) is 0 Å². The van der Waals surface area contributed by atoms with Crippen molar-refractivity contribution in [3.8, 4) is 0 Å². The van der Waals surface area contributed by atoms with Gasteiger partial charge in [-0.2, -0.15) is 0 Å². The van der Waals surface area contributed by atoms with Crippen molar-refractivity contribution in [2.75, 3.05) is 59.9 Å². The molecule has 0 bridgehead atoms. The van der Waals surface area contributed by atoms with Gasteiger partial charge in [-0.15, -0.1) is 0 Å². The van der Waals surface area contributed by atoms with E-state index in [1.54, 1.807) is 7.11 Å². The zero-order valence-corrected chi connectivity index (χ0v) is 10.9. The molecule has 0 radical (unpaired) electrons. The first-order valence-electron chi connectivity index (χ1n) is 5.84. The summed E-state index contributed by atoms with van der Waals surface area (Å²) in [5.41, 5.74) is 5.24. The summed E-state index contributed by atoms with van der Waals surface area (Å²) in [5.74, 6) is 0. The fourth-order valence-corrected chi connectivity index (χ4v) is 0.767. The van der Waals surface area contributed by atoms with E-state index in [-0.39, 0.29) is 0 Å². The predicted molar refractivity (Wildman–Crippen MR) is 64.7 cm³/mol.